The van der Waals surface area contributed by atoms with Crippen LogP contribution in [-0.2, 0) is 4.79 Å². The predicted molar refractivity (Wildman–Crippen MR) is 133 cm³/mol. The molecular formula is C25H22N4O4S. The highest BCUT2D eigenvalue weighted by Crippen LogP contribution is 2.22. The average molecular weight is 475 g/mol. The topological polar surface area (TPSA) is 106 Å². The number of rotatable bonds is 7. The van der Waals surface area contributed by atoms with Gasteiger partial charge >= 0.3 is 0 Å². The molecule has 172 valence electrons. The number of carbonyl (C=O) groups excluding carboxylic acids is 1. The molecule has 34 heavy (non-hydrogen) atoms. The number of hydrazone groups is 1. The van der Waals surface area contributed by atoms with Gasteiger partial charge in [-0.05, 0) is 55.5 Å². The Morgan fingerprint density at radius 3 is 2.62 bits per heavy atom. The van der Waals surface area contributed by atoms with Crippen molar-refractivity contribution in [3.8, 4) is 17.2 Å². The van der Waals surface area contributed by atoms with E-state index in [2.05, 4.69) is 15.5 Å². The molecule has 1 aromatic heterocycles. The van der Waals surface area contributed by atoms with Crippen molar-refractivity contribution >= 4 is 34.3 Å². The van der Waals surface area contributed by atoms with Gasteiger partial charge in [0.15, 0.2) is 5.16 Å². The molecule has 0 aliphatic heterocycles. The van der Waals surface area contributed by atoms with Gasteiger partial charge in [0.1, 0.15) is 11.5 Å². The fourth-order valence-electron chi connectivity index (χ4n) is 3.27. The van der Waals surface area contributed by atoms with Crippen LogP contribution >= 0.6 is 11.8 Å². The van der Waals surface area contributed by atoms with Gasteiger partial charge in [0.05, 0.1) is 35.2 Å². The zero-order valence-corrected chi connectivity index (χ0v) is 19.4. The minimum Gasteiger partial charge on any atom is -0.508 e. The van der Waals surface area contributed by atoms with Gasteiger partial charge in [-0.25, -0.2) is 10.4 Å². The first-order chi connectivity index (χ1) is 16.5. The molecule has 0 saturated carbocycles. The van der Waals surface area contributed by atoms with Crippen LogP contribution in [0.3, 0.4) is 0 Å². The van der Waals surface area contributed by atoms with Crippen molar-refractivity contribution in [3.05, 3.63) is 88.7 Å². The molecular weight excluding hydrogens is 452 g/mol. The van der Waals surface area contributed by atoms with Gasteiger partial charge in [0, 0.05) is 5.56 Å². The Bertz CT molecular complexity index is 1430. The monoisotopic (exact) mass is 474 g/mol. The summed E-state index contributed by atoms with van der Waals surface area (Å²) in [7, 11) is 1.57. The molecule has 0 radical (unpaired) electrons. The Hall–Kier alpha value is -4.11. The Balaban J connectivity index is 1.59. The third-order valence-corrected chi connectivity index (χ3v) is 5.96. The van der Waals surface area contributed by atoms with Gasteiger partial charge in [0.25, 0.3) is 11.5 Å². The molecule has 0 unspecified atom stereocenters. The van der Waals surface area contributed by atoms with E-state index in [1.165, 1.54) is 4.57 Å². The molecule has 4 rings (SSSR count). The molecule has 8 nitrogen and oxygen atoms in total. The second-order valence-corrected chi connectivity index (χ2v) is 8.26. The zero-order chi connectivity index (χ0) is 24.1. The van der Waals surface area contributed by atoms with Gasteiger partial charge in [0.2, 0.25) is 0 Å². The lowest BCUT2D eigenvalue weighted by Gasteiger charge is -2.13. The predicted octanol–water partition coefficient (Wildman–Crippen LogP) is 3.73. The Kier molecular flexibility index (Phi) is 6.93. The van der Waals surface area contributed by atoms with Crippen LogP contribution in [0.1, 0.15) is 12.5 Å². The maximum atomic E-state index is 13.3. The maximum Gasteiger partial charge on any atom is 0.266 e. The van der Waals surface area contributed by atoms with Crippen LogP contribution in [-0.4, -0.2) is 39.1 Å². The number of carbonyl (C=O) groups is 1. The van der Waals surface area contributed by atoms with Crippen molar-refractivity contribution in [2.45, 2.75) is 12.1 Å². The Morgan fingerprint density at radius 2 is 1.88 bits per heavy atom. The van der Waals surface area contributed by atoms with Crippen LogP contribution in [0.25, 0.3) is 16.6 Å². The highest BCUT2D eigenvalue weighted by molar-refractivity contribution is 7.99. The molecule has 0 bridgehead atoms. The third-order valence-electron chi connectivity index (χ3n) is 5.02. The smallest absolute Gasteiger partial charge is 0.266 e. The number of para-hydroxylation sites is 1. The van der Waals surface area contributed by atoms with E-state index < -0.39 is 0 Å². The van der Waals surface area contributed by atoms with E-state index in [9.17, 15) is 14.7 Å². The number of phenols is 1. The second kappa shape index (κ2) is 10.2. The van der Waals surface area contributed by atoms with Crippen LogP contribution in [0, 0.1) is 0 Å². The van der Waals surface area contributed by atoms with E-state index in [0.717, 1.165) is 11.8 Å². The number of nitrogens with one attached hydrogen (secondary N) is 1. The molecule has 0 saturated heterocycles. The quantitative estimate of drug-likeness (QED) is 0.183. The van der Waals surface area contributed by atoms with Crippen LogP contribution in [0.4, 0.5) is 0 Å². The molecule has 0 spiro atoms. The summed E-state index contributed by atoms with van der Waals surface area (Å²) in [4.78, 5) is 30.4. The van der Waals surface area contributed by atoms with Crippen molar-refractivity contribution < 1.29 is 14.6 Å². The summed E-state index contributed by atoms with van der Waals surface area (Å²) in [5.41, 5.74) is 4.70. The first-order valence-electron chi connectivity index (χ1n) is 10.4. The number of aromatic hydroxyl groups is 1. The molecule has 0 atom stereocenters. The molecule has 0 fully saturated rings. The van der Waals surface area contributed by atoms with Gasteiger partial charge in [-0.3, -0.25) is 14.2 Å². The third kappa shape index (κ3) is 5.10. The minimum absolute atomic E-state index is 0.00223. The first-order valence-corrected chi connectivity index (χ1v) is 11.4. The van der Waals surface area contributed by atoms with Crippen LogP contribution in [0.2, 0.25) is 0 Å². The first kappa shape index (κ1) is 23.1. The summed E-state index contributed by atoms with van der Waals surface area (Å²) < 4.78 is 6.70. The van der Waals surface area contributed by atoms with Gasteiger partial charge in [-0.2, -0.15) is 5.10 Å². The molecule has 1 heterocycles. The zero-order valence-electron chi connectivity index (χ0n) is 18.6. The molecule has 9 heteroatoms. The van der Waals surface area contributed by atoms with Gasteiger partial charge in [-0.15, -0.1) is 0 Å². The summed E-state index contributed by atoms with van der Waals surface area (Å²) in [6.07, 6.45) is 0. The second-order valence-electron chi connectivity index (χ2n) is 7.32. The lowest BCUT2D eigenvalue weighted by atomic mass is 10.1. The molecule has 2 N–H and O–H groups in total. The number of amides is 1. The summed E-state index contributed by atoms with van der Waals surface area (Å²) in [5, 5.41) is 14.6. The van der Waals surface area contributed by atoms with E-state index in [1.54, 1.807) is 80.8 Å². The molecule has 0 aliphatic carbocycles. The number of methoxy groups -OCH3 is 1. The average Bonchev–Trinajstić information content (AvgIpc) is 2.86. The van der Waals surface area contributed by atoms with Crippen molar-refractivity contribution in [2.24, 2.45) is 5.10 Å². The highest BCUT2D eigenvalue weighted by atomic mass is 32.2. The van der Waals surface area contributed by atoms with E-state index in [4.69, 9.17) is 4.74 Å². The Morgan fingerprint density at radius 1 is 1.12 bits per heavy atom. The number of fused-ring (bicyclic) bond motifs is 1. The number of nitrogens with zero attached hydrogens (tertiary/aromatic N) is 3. The van der Waals surface area contributed by atoms with Crippen LogP contribution in [0.5, 0.6) is 11.5 Å². The normalized spacial score (nSPS) is 11.4. The SMILES string of the molecule is COc1ccc(-n2c(SCC(=O)NN=C(C)c3cccc(O)c3)nc3ccccc3c2=O)cc1. The lowest BCUT2D eigenvalue weighted by molar-refractivity contribution is -0.118. The summed E-state index contributed by atoms with van der Waals surface area (Å²) in [6, 6.07) is 20.8. The van der Waals surface area contributed by atoms with Crippen molar-refractivity contribution in [1.29, 1.82) is 0 Å². The largest absolute Gasteiger partial charge is 0.508 e. The molecule has 0 aliphatic rings. The number of phenolic OH excluding ortho intramolecular Hbond substituents is 1. The maximum absolute atomic E-state index is 13.3. The van der Waals surface area contributed by atoms with E-state index in [-0.39, 0.29) is 23.0 Å². The van der Waals surface area contributed by atoms with Crippen LogP contribution in [0.15, 0.2) is 87.8 Å². The fraction of sp³-hybridized carbons (Fsp3) is 0.120. The van der Waals surface area contributed by atoms with Crippen molar-refractivity contribution in [1.82, 2.24) is 15.0 Å². The highest BCUT2D eigenvalue weighted by Gasteiger charge is 2.15. The number of ether oxygens (including phenoxy) is 1. The van der Waals surface area contributed by atoms with Gasteiger partial charge < -0.3 is 9.84 Å². The minimum atomic E-state index is -0.354. The number of aromatic nitrogens is 2. The Labute approximate surface area is 199 Å². The lowest BCUT2D eigenvalue weighted by Crippen LogP contribution is -2.24. The van der Waals surface area contributed by atoms with E-state index in [1.807, 2.05) is 6.07 Å². The molecule has 1 amide bonds. The van der Waals surface area contributed by atoms with Crippen LogP contribution < -0.4 is 15.7 Å². The van der Waals surface area contributed by atoms with E-state index in [0.29, 0.717) is 38.8 Å². The molecule has 4 aromatic rings. The number of thioether (sulfide) groups is 1. The van der Waals surface area contributed by atoms with E-state index >= 15 is 0 Å². The van der Waals surface area contributed by atoms with Crippen molar-refractivity contribution in [2.75, 3.05) is 12.9 Å². The van der Waals surface area contributed by atoms with Gasteiger partial charge in [-0.1, -0.05) is 36.0 Å². The molecule has 3 aromatic carbocycles. The van der Waals surface area contributed by atoms with Crippen molar-refractivity contribution in [3.63, 3.8) is 0 Å². The number of benzene rings is 3. The number of hydrogen-bond donors (Lipinski definition) is 2. The standard InChI is InChI=1S/C25H22N4O4S/c1-16(17-6-5-7-19(30)14-17)27-28-23(31)15-34-25-26-22-9-4-3-8-21(22)24(32)29(25)18-10-12-20(33-2)13-11-18/h3-14,30H,15H2,1-2H3,(H,28,31). The summed E-state index contributed by atoms with van der Waals surface area (Å²) >= 11 is 1.14. The number of hydrogen-bond acceptors (Lipinski definition) is 7. The summed E-state index contributed by atoms with van der Waals surface area (Å²) in [5.74, 6) is 0.428. The fourth-order valence-corrected chi connectivity index (χ4v) is 4.08. The summed E-state index contributed by atoms with van der Waals surface area (Å²) in [6.45, 7) is 1.73.